The van der Waals surface area contributed by atoms with E-state index in [1.807, 2.05) is 0 Å². The van der Waals surface area contributed by atoms with Gasteiger partial charge in [0.05, 0.1) is 0 Å². The lowest BCUT2D eigenvalue weighted by molar-refractivity contribution is 0.186. The van der Waals surface area contributed by atoms with Gasteiger partial charge >= 0.3 is 0 Å². The molecule has 0 spiro atoms. The van der Waals surface area contributed by atoms with E-state index in [4.69, 9.17) is 10.5 Å². The van der Waals surface area contributed by atoms with Gasteiger partial charge in [-0.3, -0.25) is 0 Å². The van der Waals surface area contributed by atoms with Crippen molar-refractivity contribution in [2.75, 3.05) is 13.7 Å². The molecule has 2 heteroatoms. The second-order valence-electron chi connectivity index (χ2n) is 3.45. The van der Waals surface area contributed by atoms with Gasteiger partial charge < -0.3 is 10.5 Å². The first-order valence-corrected chi connectivity index (χ1v) is 4.41. The summed E-state index contributed by atoms with van der Waals surface area (Å²) in [6, 6.07) is 0.340. The van der Waals surface area contributed by atoms with E-state index in [1.54, 1.807) is 7.11 Å². The Morgan fingerprint density at radius 3 is 2.45 bits per heavy atom. The summed E-state index contributed by atoms with van der Waals surface area (Å²) in [7, 11) is 1.75. The zero-order valence-corrected chi connectivity index (χ0v) is 7.97. The predicted molar refractivity (Wildman–Crippen MR) is 48.5 cm³/mol. The summed E-state index contributed by atoms with van der Waals surface area (Å²) in [4.78, 5) is 0. The Labute approximate surface area is 70.1 Å². The summed E-state index contributed by atoms with van der Waals surface area (Å²) < 4.78 is 4.97. The second kappa shape index (κ2) is 6.62. The third kappa shape index (κ3) is 7.82. The summed E-state index contributed by atoms with van der Waals surface area (Å²) in [5, 5.41) is 0. The molecule has 0 bridgehead atoms. The molecule has 2 N–H and O–H groups in total. The summed E-state index contributed by atoms with van der Waals surface area (Å²) in [5.41, 5.74) is 5.67. The minimum absolute atomic E-state index is 0.340. The molecule has 2 unspecified atom stereocenters. The van der Waals surface area contributed by atoms with Crippen LogP contribution in [0.1, 0.15) is 33.1 Å². The Balaban J connectivity index is 3.15. The third-order valence-corrected chi connectivity index (χ3v) is 1.82. The van der Waals surface area contributed by atoms with E-state index in [0.717, 1.165) is 25.4 Å². The van der Waals surface area contributed by atoms with Crippen molar-refractivity contribution in [3.8, 4) is 0 Å². The standard InChI is InChI=1S/C9H21NO/c1-8(7-9(2)10)5-4-6-11-3/h8-9H,4-7,10H2,1-3H3. The Morgan fingerprint density at radius 1 is 1.36 bits per heavy atom. The van der Waals surface area contributed by atoms with Crippen LogP contribution in [0.3, 0.4) is 0 Å². The average molecular weight is 159 g/mol. The molecule has 2 nitrogen and oxygen atoms in total. The first kappa shape index (κ1) is 10.9. The van der Waals surface area contributed by atoms with Gasteiger partial charge in [0.25, 0.3) is 0 Å². The van der Waals surface area contributed by atoms with Crippen molar-refractivity contribution in [3.05, 3.63) is 0 Å². The maximum absolute atomic E-state index is 5.67. The van der Waals surface area contributed by atoms with Gasteiger partial charge in [-0.25, -0.2) is 0 Å². The lowest BCUT2D eigenvalue weighted by atomic mass is 9.98. The number of hydrogen-bond donors (Lipinski definition) is 1. The number of nitrogens with two attached hydrogens (primary N) is 1. The number of ether oxygens (including phenoxy) is 1. The Morgan fingerprint density at radius 2 is 2.00 bits per heavy atom. The van der Waals surface area contributed by atoms with Crippen LogP contribution < -0.4 is 5.73 Å². The molecule has 0 aromatic rings. The Kier molecular flexibility index (Phi) is 6.57. The van der Waals surface area contributed by atoms with Crippen LogP contribution >= 0.6 is 0 Å². The monoisotopic (exact) mass is 159 g/mol. The molecule has 68 valence electrons. The molecular formula is C9H21NO. The first-order chi connectivity index (χ1) is 5.16. The predicted octanol–water partition coefficient (Wildman–Crippen LogP) is 1.79. The molecule has 0 amide bonds. The quantitative estimate of drug-likeness (QED) is 0.600. The maximum Gasteiger partial charge on any atom is 0.0462 e. The van der Waals surface area contributed by atoms with Crippen LogP contribution in [0.25, 0.3) is 0 Å². The van der Waals surface area contributed by atoms with E-state index in [0.29, 0.717) is 6.04 Å². The molecule has 0 saturated heterocycles. The zero-order chi connectivity index (χ0) is 8.69. The van der Waals surface area contributed by atoms with Crippen molar-refractivity contribution in [1.29, 1.82) is 0 Å². The van der Waals surface area contributed by atoms with Crippen LogP contribution in [0.15, 0.2) is 0 Å². The molecule has 0 rings (SSSR count). The number of methoxy groups -OCH3 is 1. The fourth-order valence-corrected chi connectivity index (χ4v) is 1.33. The van der Waals surface area contributed by atoms with Crippen LogP contribution in [0.5, 0.6) is 0 Å². The second-order valence-corrected chi connectivity index (χ2v) is 3.45. The van der Waals surface area contributed by atoms with E-state index in [9.17, 15) is 0 Å². The lowest BCUT2D eigenvalue weighted by Gasteiger charge is -2.12. The zero-order valence-electron chi connectivity index (χ0n) is 7.97. The molecule has 0 radical (unpaired) electrons. The van der Waals surface area contributed by atoms with Gasteiger partial charge in [0.2, 0.25) is 0 Å². The molecule has 0 heterocycles. The van der Waals surface area contributed by atoms with E-state index < -0.39 is 0 Å². The highest BCUT2D eigenvalue weighted by Gasteiger charge is 2.03. The van der Waals surface area contributed by atoms with Crippen LogP contribution in [-0.2, 0) is 4.74 Å². The van der Waals surface area contributed by atoms with Gasteiger partial charge in [0.1, 0.15) is 0 Å². The van der Waals surface area contributed by atoms with Crippen LogP contribution in [0.4, 0.5) is 0 Å². The number of hydrogen-bond acceptors (Lipinski definition) is 2. The van der Waals surface area contributed by atoms with E-state index in [2.05, 4.69) is 13.8 Å². The van der Waals surface area contributed by atoms with Crippen molar-refractivity contribution in [1.82, 2.24) is 0 Å². The van der Waals surface area contributed by atoms with Gasteiger partial charge in [0, 0.05) is 19.8 Å². The normalized spacial score (nSPS) is 16.4. The Hall–Kier alpha value is -0.0800. The van der Waals surface area contributed by atoms with Crippen LogP contribution in [0.2, 0.25) is 0 Å². The molecule has 0 aromatic carbocycles. The minimum Gasteiger partial charge on any atom is -0.385 e. The van der Waals surface area contributed by atoms with Gasteiger partial charge in [-0.1, -0.05) is 6.92 Å². The van der Waals surface area contributed by atoms with Gasteiger partial charge in [-0.15, -0.1) is 0 Å². The van der Waals surface area contributed by atoms with Gasteiger partial charge in [-0.2, -0.15) is 0 Å². The molecule has 0 saturated carbocycles. The smallest absolute Gasteiger partial charge is 0.0462 e. The maximum atomic E-state index is 5.67. The first-order valence-electron chi connectivity index (χ1n) is 4.41. The van der Waals surface area contributed by atoms with E-state index >= 15 is 0 Å². The lowest BCUT2D eigenvalue weighted by Crippen LogP contribution is -2.18. The highest BCUT2D eigenvalue weighted by atomic mass is 16.5. The highest BCUT2D eigenvalue weighted by Crippen LogP contribution is 2.11. The van der Waals surface area contributed by atoms with Crippen molar-refractivity contribution in [2.24, 2.45) is 11.7 Å². The van der Waals surface area contributed by atoms with Crippen molar-refractivity contribution >= 4 is 0 Å². The van der Waals surface area contributed by atoms with Crippen LogP contribution in [-0.4, -0.2) is 19.8 Å². The molecule has 0 aliphatic carbocycles. The average Bonchev–Trinajstić information content (AvgIpc) is 1.86. The number of rotatable bonds is 6. The summed E-state index contributed by atoms with van der Waals surface area (Å²) >= 11 is 0. The van der Waals surface area contributed by atoms with E-state index in [-0.39, 0.29) is 0 Å². The fourth-order valence-electron chi connectivity index (χ4n) is 1.33. The fraction of sp³-hybridized carbons (Fsp3) is 1.00. The van der Waals surface area contributed by atoms with E-state index in [1.165, 1.54) is 6.42 Å². The molecule has 0 aromatic heterocycles. The molecular weight excluding hydrogens is 138 g/mol. The third-order valence-electron chi connectivity index (χ3n) is 1.82. The summed E-state index contributed by atoms with van der Waals surface area (Å²) in [6.45, 7) is 5.19. The molecule has 11 heavy (non-hydrogen) atoms. The molecule has 0 aliphatic rings. The minimum atomic E-state index is 0.340. The largest absolute Gasteiger partial charge is 0.385 e. The molecule has 0 fully saturated rings. The summed E-state index contributed by atoms with van der Waals surface area (Å²) in [5.74, 6) is 0.741. The van der Waals surface area contributed by atoms with Gasteiger partial charge in [-0.05, 0) is 32.1 Å². The molecule has 2 atom stereocenters. The van der Waals surface area contributed by atoms with Crippen molar-refractivity contribution in [3.63, 3.8) is 0 Å². The topological polar surface area (TPSA) is 35.2 Å². The molecule has 0 aliphatic heterocycles. The SMILES string of the molecule is COCCCC(C)CC(C)N. The Bertz CT molecular complexity index is 83.6. The van der Waals surface area contributed by atoms with Crippen molar-refractivity contribution in [2.45, 2.75) is 39.2 Å². The van der Waals surface area contributed by atoms with Crippen LogP contribution in [0, 0.1) is 5.92 Å². The van der Waals surface area contributed by atoms with Crippen molar-refractivity contribution < 1.29 is 4.74 Å². The highest BCUT2D eigenvalue weighted by molar-refractivity contribution is 4.60. The summed E-state index contributed by atoms with van der Waals surface area (Å²) in [6.07, 6.45) is 3.52. The van der Waals surface area contributed by atoms with Gasteiger partial charge in [0.15, 0.2) is 0 Å².